The fraction of sp³-hybridized carbons (Fsp3) is 0.417. The molecule has 1 unspecified atom stereocenters. The Morgan fingerprint density at radius 3 is 2.32 bits per heavy atom. The second-order valence-electron chi connectivity index (χ2n) is 7.53. The maximum absolute atomic E-state index is 10.1. The number of hydrogen-bond acceptors (Lipinski definition) is 5. The van der Waals surface area contributed by atoms with Gasteiger partial charge in [0.1, 0.15) is 12.4 Å². The van der Waals surface area contributed by atoms with E-state index in [-0.39, 0.29) is 0 Å². The molecule has 0 bridgehead atoms. The largest absolute Gasteiger partial charge is 0.490 e. The van der Waals surface area contributed by atoms with Gasteiger partial charge in [0.25, 0.3) is 0 Å². The molecule has 1 saturated carbocycles. The van der Waals surface area contributed by atoms with E-state index in [1.165, 1.54) is 37.5 Å². The van der Waals surface area contributed by atoms with Gasteiger partial charge in [0.05, 0.1) is 6.10 Å². The van der Waals surface area contributed by atoms with Crippen molar-refractivity contribution in [2.75, 3.05) is 13.2 Å². The molecule has 31 heavy (non-hydrogen) atoms. The van der Waals surface area contributed by atoms with Crippen LogP contribution in [0.4, 0.5) is 0 Å². The molecule has 0 spiro atoms. The molecule has 1 aliphatic carbocycles. The van der Waals surface area contributed by atoms with Gasteiger partial charge in [-0.1, -0.05) is 55.7 Å². The fourth-order valence-electron chi connectivity index (χ4n) is 3.49. The first-order valence-corrected chi connectivity index (χ1v) is 10.6. The molecule has 4 N–H and O–H groups in total. The molecule has 0 saturated heterocycles. The SMILES string of the molecule is O=C(O)/C=C/C(=O)O.OC(CCNC1CCCCC1)COc1cccc2ccccc12. The summed E-state index contributed by atoms with van der Waals surface area (Å²) in [5.74, 6) is -1.66. The third-order valence-corrected chi connectivity index (χ3v) is 5.07. The Balaban J connectivity index is 0.000000366. The molecule has 7 heteroatoms. The van der Waals surface area contributed by atoms with Crippen LogP contribution in [0.5, 0.6) is 5.75 Å². The van der Waals surface area contributed by atoms with Gasteiger partial charge >= 0.3 is 11.9 Å². The summed E-state index contributed by atoms with van der Waals surface area (Å²) in [5, 5.41) is 31.6. The second kappa shape index (κ2) is 13.4. The summed E-state index contributed by atoms with van der Waals surface area (Å²) >= 11 is 0. The molecule has 0 aliphatic heterocycles. The van der Waals surface area contributed by atoms with Gasteiger partial charge in [-0.3, -0.25) is 0 Å². The lowest BCUT2D eigenvalue weighted by Crippen LogP contribution is -2.34. The normalized spacial score (nSPS) is 15.3. The first-order chi connectivity index (χ1) is 15.0. The fourth-order valence-corrected chi connectivity index (χ4v) is 3.49. The lowest BCUT2D eigenvalue weighted by atomic mass is 9.95. The number of nitrogens with one attached hydrogen (secondary N) is 1. The van der Waals surface area contributed by atoms with Gasteiger partial charge in [0, 0.05) is 23.6 Å². The molecule has 0 radical (unpaired) electrons. The number of aliphatic hydroxyl groups excluding tert-OH is 1. The number of ether oxygens (including phenoxy) is 1. The monoisotopic (exact) mass is 429 g/mol. The van der Waals surface area contributed by atoms with Gasteiger partial charge in [-0.15, -0.1) is 0 Å². The van der Waals surface area contributed by atoms with Crippen molar-refractivity contribution >= 4 is 22.7 Å². The third-order valence-electron chi connectivity index (χ3n) is 5.07. The minimum absolute atomic E-state index is 0.348. The first kappa shape index (κ1) is 24.4. The van der Waals surface area contributed by atoms with E-state index < -0.39 is 18.0 Å². The van der Waals surface area contributed by atoms with E-state index >= 15 is 0 Å². The zero-order chi connectivity index (χ0) is 22.5. The molecule has 1 atom stereocenters. The Bertz CT molecular complexity index is 839. The average molecular weight is 430 g/mol. The molecule has 1 fully saturated rings. The lowest BCUT2D eigenvalue weighted by molar-refractivity contribution is -0.134. The van der Waals surface area contributed by atoms with Crippen LogP contribution in [0.1, 0.15) is 38.5 Å². The molecule has 0 amide bonds. The molecule has 168 valence electrons. The Morgan fingerprint density at radius 1 is 1.00 bits per heavy atom. The van der Waals surface area contributed by atoms with Crippen LogP contribution in [-0.2, 0) is 9.59 Å². The number of aliphatic carboxylic acids is 2. The van der Waals surface area contributed by atoms with E-state index in [1.807, 2.05) is 24.3 Å². The molecule has 3 rings (SSSR count). The van der Waals surface area contributed by atoms with E-state index in [0.29, 0.717) is 24.8 Å². The number of hydrogen-bond donors (Lipinski definition) is 4. The van der Waals surface area contributed by atoms with Crippen molar-refractivity contribution in [3.8, 4) is 5.75 Å². The van der Waals surface area contributed by atoms with E-state index in [9.17, 15) is 14.7 Å². The molecule has 7 nitrogen and oxygen atoms in total. The predicted octanol–water partition coefficient (Wildman–Crippen LogP) is 3.60. The minimum Gasteiger partial charge on any atom is -0.490 e. The smallest absolute Gasteiger partial charge is 0.328 e. The summed E-state index contributed by atoms with van der Waals surface area (Å²) in [5.41, 5.74) is 0. The van der Waals surface area contributed by atoms with Gasteiger partial charge in [0.2, 0.25) is 0 Å². The van der Waals surface area contributed by atoms with Gasteiger partial charge in [-0.05, 0) is 37.3 Å². The van der Waals surface area contributed by atoms with Gasteiger partial charge in [-0.2, -0.15) is 0 Å². The molecule has 2 aromatic carbocycles. The third kappa shape index (κ3) is 9.63. The molecular formula is C24H31NO6. The van der Waals surface area contributed by atoms with Gasteiger partial charge < -0.3 is 25.4 Å². The number of carboxylic acid groups (broad SMARTS) is 2. The van der Waals surface area contributed by atoms with Crippen LogP contribution in [0, 0.1) is 0 Å². The number of aliphatic hydroxyl groups is 1. The highest BCUT2D eigenvalue weighted by atomic mass is 16.5. The van der Waals surface area contributed by atoms with Crippen molar-refractivity contribution in [2.24, 2.45) is 0 Å². The molecule has 1 aliphatic rings. The highest BCUT2D eigenvalue weighted by molar-refractivity contribution is 5.89. The highest BCUT2D eigenvalue weighted by Crippen LogP contribution is 2.25. The Hall–Kier alpha value is -2.90. The Morgan fingerprint density at radius 2 is 1.65 bits per heavy atom. The summed E-state index contributed by atoms with van der Waals surface area (Å²) in [6.45, 7) is 1.21. The number of benzene rings is 2. The number of rotatable bonds is 9. The standard InChI is InChI=1S/C20H27NO2.C4H4O4/c22-18(13-14-21-17-9-2-1-3-10-17)15-23-20-12-6-8-16-7-4-5-11-19(16)20;5-3(6)1-2-4(7)8/h4-8,11-12,17-18,21-22H,1-3,9-10,13-15H2;1-2H,(H,5,6)(H,7,8)/b;2-1+. The van der Waals surface area contributed by atoms with Crippen LogP contribution in [0.25, 0.3) is 10.8 Å². The summed E-state index contributed by atoms with van der Waals surface area (Å²) in [7, 11) is 0. The summed E-state index contributed by atoms with van der Waals surface area (Å²) in [4.78, 5) is 19.1. The lowest BCUT2D eigenvalue weighted by Gasteiger charge is -2.23. The Kier molecular flexibility index (Phi) is 10.5. The van der Waals surface area contributed by atoms with Crippen molar-refractivity contribution in [1.29, 1.82) is 0 Å². The van der Waals surface area contributed by atoms with Gasteiger partial charge in [0.15, 0.2) is 0 Å². The minimum atomic E-state index is -1.26. The summed E-state index contributed by atoms with van der Waals surface area (Å²) < 4.78 is 5.85. The molecule has 0 heterocycles. The number of carbonyl (C=O) groups is 2. The van der Waals surface area contributed by atoms with Crippen LogP contribution in [0.2, 0.25) is 0 Å². The van der Waals surface area contributed by atoms with Crippen molar-refractivity contribution in [3.63, 3.8) is 0 Å². The molecule has 0 aromatic heterocycles. The topological polar surface area (TPSA) is 116 Å². The number of carboxylic acids is 2. The van der Waals surface area contributed by atoms with Crippen LogP contribution >= 0.6 is 0 Å². The average Bonchev–Trinajstić information content (AvgIpc) is 2.77. The summed E-state index contributed by atoms with van der Waals surface area (Å²) in [6, 6.07) is 14.9. The summed E-state index contributed by atoms with van der Waals surface area (Å²) in [6.07, 6.45) is 8.04. The quantitative estimate of drug-likeness (QED) is 0.450. The first-order valence-electron chi connectivity index (χ1n) is 10.6. The zero-order valence-electron chi connectivity index (χ0n) is 17.6. The maximum Gasteiger partial charge on any atom is 0.328 e. The predicted molar refractivity (Wildman–Crippen MR) is 119 cm³/mol. The van der Waals surface area contributed by atoms with Crippen molar-refractivity contribution in [1.82, 2.24) is 5.32 Å². The van der Waals surface area contributed by atoms with Crippen molar-refractivity contribution in [3.05, 3.63) is 54.6 Å². The van der Waals surface area contributed by atoms with E-state index in [2.05, 4.69) is 23.5 Å². The van der Waals surface area contributed by atoms with E-state index in [4.69, 9.17) is 14.9 Å². The van der Waals surface area contributed by atoms with Crippen LogP contribution in [0.15, 0.2) is 54.6 Å². The van der Waals surface area contributed by atoms with Crippen LogP contribution < -0.4 is 10.1 Å². The van der Waals surface area contributed by atoms with Crippen LogP contribution in [0.3, 0.4) is 0 Å². The second-order valence-corrected chi connectivity index (χ2v) is 7.53. The van der Waals surface area contributed by atoms with E-state index in [1.54, 1.807) is 0 Å². The zero-order valence-corrected chi connectivity index (χ0v) is 17.6. The van der Waals surface area contributed by atoms with Gasteiger partial charge in [-0.25, -0.2) is 9.59 Å². The molecular weight excluding hydrogens is 398 g/mol. The van der Waals surface area contributed by atoms with Crippen LogP contribution in [-0.4, -0.2) is 52.6 Å². The van der Waals surface area contributed by atoms with E-state index in [0.717, 1.165) is 24.1 Å². The highest BCUT2D eigenvalue weighted by Gasteiger charge is 2.13. The molecule has 2 aromatic rings. The maximum atomic E-state index is 10.1. The Labute approximate surface area is 182 Å². The number of fused-ring (bicyclic) bond motifs is 1. The van der Waals surface area contributed by atoms with Crippen molar-refractivity contribution in [2.45, 2.75) is 50.7 Å². The van der Waals surface area contributed by atoms with Crippen molar-refractivity contribution < 1.29 is 29.6 Å².